The zero-order valence-corrected chi connectivity index (χ0v) is 13.7. The Kier molecular flexibility index (Phi) is 6.40. The molecule has 0 atom stereocenters. The van der Waals surface area contributed by atoms with Crippen molar-refractivity contribution in [2.45, 2.75) is 0 Å². The van der Waals surface area contributed by atoms with Crippen molar-refractivity contribution >= 4 is 40.8 Å². The second kappa shape index (κ2) is 8.52. The number of hydrogen-bond donors (Lipinski definition) is 1. The standard InChI is InChI=1S/C16H12Cl2FNO4/c17-10-1-4-12(5-2-10)23-9-16(22)24-8-15(21)20-14-7-11(19)3-6-13(14)18/h1-7H,8-9H2,(H,20,21). The van der Waals surface area contributed by atoms with E-state index in [2.05, 4.69) is 5.32 Å². The lowest BCUT2D eigenvalue weighted by molar-refractivity contribution is -0.149. The molecule has 126 valence electrons. The number of hydrogen-bond acceptors (Lipinski definition) is 4. The first kappa shape index (κ1) is 18.0. The van der Waals surface area contributed by atoms with Gasteiger partial charge in [0.05, 0.1) is 10.7 Å². The minimum atomic E-state index is -0.731. The SMILES string of the molecule is O=C(COC(=O)COc1ccc(Cl)cc1)Nc1cc(F)ccc1Cl. The molecule has 0 aliphatic rings. The van der Waals surface area contributed by atoms with Crippen LogP contribution in [0, 0.1) is 5.82 Å². The summed E-state index contributed by atoms with van der Waals surface area (Å²) in [6.45, 7) is -0.911. The van der Waals surface area contributed by atoms with Gasteiger partial charge in [-0.1, -0.05) is 23.2 Å². The van der Waals surface area contributed by atoms with E-state index in [4.69, 9.17) is 32.7 Å². The van der Waals surface area contributed by atoms with Gasteiger partial charge in [-0.3, -0.25) is 4.79 Å². The van der Waals surface area contributed by atoms with Crippen LogP contribution in [0.2, 0.25) is 10.0 Å². The summed E-state index contributed by atoms with van der Waals surface area (Å²) in [5, 5.41) is 3.05. The van der Waals surface area contributed by atoms with E-state index in [9.17, 15) is 14.0 Å². The molecule has 0 bridgehead atoms. The zero-order chi connectivity index (χ0) is 17.5. The molecule has 1 amide bonds. The quantitative estimate of drug-likeness (QED) is 0.786. The summed E-state index contributed by atoms with van der Waals surface area (Å²) >= 11 is 11.5. The van der Waals surface area contributed by atoms with Gasteiger partial charge in [-0.25, -0.2) is 9.18 Å². The van der Waals surface area contributed by atoms with Crippen LogP contribution in [0.3, 0.4) is 0 Å². The summed E-state index contributed by atoms with van der Waals surface area (Å²) in [5.41, 5.74) is 0.0927. The Morgan fingerprint density at radius 2 is 1.75 bits per heavy atom. The Hall–Kier alpha value is -2.31. The summed E-state index contributed by atoms with van der Waals surface area (Å²) in [6.07, 6.45) is 0. The van der Waals surface area contributed by atoms with Crippen LogP contribution in [0.4, 0.5) is 10.1 Å². The van der Waals surface area contributed by atoms with Crippen molar-refractivity contribution in [1.82, 2.24) is 0 Å². The minimum absolute atomic E-state index is 0.0927. The first-order chi connectivity index (χ1) is 11.4. The highest BCUT2D eigenvalue weighted by molar-refractivity contribution is 6.33. The Morgan fingerprint density at radius 1 is 1.04 bits per heavy atom. The molecular formula is C16H12Cl2FNO4. The minimum Gasteiger partial charge on any atom is -0.482 e. The van der Waals surface area contributed by atoms with Crippen molar-refractivity contribution in [2.24, 2.45) is 0 Å². The molecule has 0 saturated carbocycles. The fourth-order valence-electron chi connectivity index (χ4n) is 1.64. The maximum absolute atomic E-state index is 13.1. The molecule has 0 fully saturated rings. The molecule has 2 rings (SSSR count). The van der Waals surface area contributed by atoms with Gasteiger partial charge >= 0.3 is 5.97 Å². The first-order valence-corrected chi connectivity index (χ1v) is 7.48. The number of ether oxygens (including phenoxy) is 2. The van der Waals surface area contributed by atoms with Crippen LogP contribution in [-0.2, 0) is 14.3 Å². The van der Waals surface area contributed by atoms with Crippen molar-refractivity contribution in [2.75, 3.05) is 18.5 Å². The van der Waals surface area contributed by atoms with E-state index >= 15 is 0 Å². The van der Waals surface area contributed by atoms with Crippen LogP contribution in [0.5, 0.6) is 5.75 Å². The third-order valence-corrected chi connectivity index (χ3v) is 3.32. The highest BCUT2D eigenvalue weighted by Gasteiger charge is 2.11. The second-order valence-corrected chi connectivity index (χ2v) is 5.42. The third kappa shape index (κ3) is 5.72. The van der Waals surface area contributed by atoms with Crippen molar-refractivity contribution in [3.8, 4) is 5.75 Å². The lowest BCUT2D eigenvalue weighted by atomic mass is 10.3. The Labute approximate surface area is 147 Å². The number of carbonyl (C=O) groups excluding carboxylic acids is 2. The zero-order valence-electron chi connectivity index (χ0n) is 12.2. The van der Waals surface area contributed by atoms with Crippen LogP contribution < -0.4 is 10.1 Å². The predicted octanol–water partition coefficient (Wildman–Crippen LogP) is 3.69. The number of nitrogens with one attached hydrogen (secondary N) is 1. The molecule has 0 heterocycles. The topological polar surface area (TPSA) is 64.6 Å². The van der Waals surface area contributed by atoms with Gasteiger partial charge in [0.2, 0.25) is 0 Å². The summed E-state index contributed by atoms with van der Waals surface area (Å²) in [6, 6.07) is 9.93. The molecular weight excluding hydrogens is 360 g/mol. The largest absolute Gasteiger partial charge is 0.482 e. The number of rotatable bonds is 6. The summed E-state index contributed by atoms with van der Waals surface area (Å²) in [5.74, 6) is -1.50. The molecule has 0 radical (unpaired) electrons. The van der Waals surface area contributed by atoms with Gasteiger partial charge in [0.25, 0.3) is 5.91 Å². The maximum atomic E-state index is 13.1. The molecule has 0 aliphatic carbocycles. The van der Waals surface area contributed by atoms with Gasteiger partial charge in [0, 0.05) is 5.02 Å². The first-order valence-electron chi connectivity index (χ1n) is 6.73. The molecule has 0 unspecified atom stereocenters. The third-order valence-electron chi connectivity index (χ3n) is 2.74. The number of carbonyl (C=O) groups is 2. The molecule has 0 aromatic heterocycles. The van der Waals surface area contributed by atoms with Gasteiger partial charge in [0.15, 0.2) is 13.2 Å². The fraction of sp³-hybridized carbons (Fsp3) is 0.125. The van der Waals surface area contributed by atoms with E-state index in [1.165, 1.54) is 6.07 Å². The van der Waals surface area contributed by atoms with Gasteiger partial charge in [0.1, 0.15) is 11.6 Å². The maximum Gasteiger partial charge on any atom is 0.344 e. The highest BCUT2D eigenvalue weighted by atomic mass is 35.5. The smallest absolute Gasteiger partial charge is 0.344 e. The van der Waals surface area contributed by atoms with E-state index in [1.807, 2.05) is 0 Å². The van der Waals surface area contributed by atoms with E-state index in [-0.39, 0.29) is 17.3 Å². The van der Waals surface area contributed by atoms with E-state index in [1.54, 1.807) is 24.3 Å². The molecule has 2 aromatic carbocycles. The predicted molar refractivity (Wildman–Crippen MR) is 87.9 cm³/mol. The highest BCUT2D eigenvalue weighted by Crippen LogP contribution is 2.22. The van der Waals surface area contributed by atoms with E-state index in [0.29, 0.717) is 10.8 Å². The van der Waals surface area contributed by atoms with E-state index in [0.717, 1.165) is 12.1 Å². The summed E-state index contributed by atoms with van der Waals surface area (Å²) in [4.78, 5) is 23.2. The lowest BCUT2D eigenvalue weighted by Gasteiger charge is -2.09. The monoisotopic (exact) mass is 371 g/mol. The molecule has 24 heavy (non-hydrogen) atoms. The Bertz CT molecular complexity index is 737. The molecule has 0 spiro atoms. The van der Waals surface area contributed by atoms with Crippen LogP contribution >= 0.6 is 23.2 Å². The van der Waals surface area contributed by atoms with Crippen molar-refractivity contribution in [1.29, 1.82) is 0 Å². The molecule has 1 N–H and O–H groups in total. The van der Waals surface area contributed by atoms with Gasteiger partial charge in [-0.15, -0.1) is 0 Å². The summed E-state index contributed by atoms with van der Waals surface area (Å²) < 4.78 is 23.0. The fourth-order valence-corrected chi connectivity index (χ4v) is 1.93. The van der Waals surface area contributed by atoms with Gasteiger partial charge < -0.3 is 14.8 Å². The average Bonchev–Trinajstić information content (AvgIpc) is 2.56. The van der Waals surface area contributed by atoms with Crippen LogP contribution in [0.15, 0.2) is 42.5 Å². The van der Waals surface area contributed by atoms with Crippen LogP contribution in [0.1, 0.15) is 0 Å². The Morgan fingerprint density at radius 3 is 2.46 bits per heavy atom. The van der Waals surface area contributed by atoms with Crippen LogP contribution in [-0.4, -0.2) is 25.1 Å². The molecule has 0 aliphatic heterocycles. The Balaban J connectivity index is 1.75. The van der Waals surface area contributed by atoms with Crippen LogP contribution in [0.25, 0.3) is 0 Å². The van der Waals surface area contributed by atoms with Gasteiger partial charge in [-0.2, -0.15) is 0 Å². The number of halogens is 3. The number of anilines is 1. The van der Waals surface area contributed by atoms with E-state index < -0.39 is 24.3 Å². The molecule has 2 aromatic rings. The van der Waals surface area contributed by atoms with Gasteiger partial charge in [-0.05, 0) is 42.5 Å². The average molecular weight is 372 g/mol. The number of benzene rings is 2. The van der Waals surface area contributed by atoms with Crippen molar-refractivity contribution in [3.05, 3.63) is 58.3 Å². The summed E-state index contributed by atoms with van der Waals surface area (Å²) in [7, 11) is 0. The number of esters is 1. The number of amides is 1. The molecule has 5 nitrogen and oxygen atoms in total. The van der Waals surface area contributed by atoms with Crippen molar-refractivity contribution < 1.29 is 23.5 Å². The second-order valence-electron chi connectivity index (χ2n) is 4.58. The lowest BCUT2D eigenvalue weighted by Crippen LogP contribution is -2.23. The normalized spacial score (nSPS) is 10.1. The van der Waals surface area contributed by atoms with Crippen molar-refractivity contribution in [3.63, 3.8) is 0 Å². The molecule has 0 saturated heterocycles. The molecule has 8 heteroatoms.